The summed E-state index contributed by atoms with van der Waals surface area (Å²) < 4.78 is 0. The number of hydrogen-bond acceptors (Lipinski definition) is 3. The highest BCUT2D eigenvalue weighted by Gasteiger charge is 2.51. The van der Waals surface area contributed by atoms with Crippen molar-refractivity contribution in [3.63, 3.8) is 0 Å². The normalized spacial score (nSPS) is 12.7. The van der Waals surface area contributed by atoms with Crippen molar-refractivity contribution in [2.75, 3.05) is 0 Å². The molecule has 13 rings (SSSR count). The molecule has 0 N–H and O–H groups in total. The molecule has 11 aromatic rings. The molecule has 65 heavy (non-hydrogen) atoms. The Morgan fingerprint density at radius 2 is 0.631 bits per heavy atom. The third kappa shape index (κ3) is 5.86. The van der Waals surface area contributed by atoms with E-state index < -0.39 is 0 Å². The van der Waals surface area contributed by atoms with Crippen LogP contribution in [-0.2, 0) is 5.41 Å². The summed E-state index contributed by atoms with van der Waals surface area (Å²) in [6.07, 6.45) is 0. The number of rotatable bonds is 6. The first-order valence-electron chi connectivity index (χ1n) is 22.3. The molecular formula is C62H39N3. The Bertz CT molecular complexity index is 3550. The van der Waals surface area contributed by atoms with Crippen molar-refractivity contribution < 1.29 is 0 Å². The fourth-order valence-corrected chi connectivity index (χ4v) is 10.6. The number of aromatic nitrogens is 3. The summed E-state index contributed by atoms with van der Waals surface area (Å²) in [5.74, 6) is 1.89. The SMILES string of the molecule is c1ccc(-c2cc(-c3ccccc3)cc(-c3nc(-c4ccccc4)nc(-c4ccc5cc(-c6cccc7c6-c6ccccc6C76c7ccccc7-c7ccccc76)ccc5c4)n3)c2)cc1. The van der Waals surface area contributed by atoms with Gasteiger partial charge in [-0.05, 0) is 119 Å². The Hall–Kier alpha value is -8.53. The van der Waals surface area contributed by atoms with Crippen LogP contribution < -0.4 is 0 Å². The van der Waals surface area contributed by atoms with E-state index in [0.29, 0.717) is 17.5 Å². The summed E-state index contributed by atoms with van der Waals surface area (Å²) >= 11 is 0. The third-order valence-corrected chi connectivity index (χ3v) is 13.5. The molecule has 3 heteroatoms. The first-order valence-corrected chi connectivity index (χ1v) is 22.3. The fourth-order valence-electron chi connectivity index (χ4n) is 10.6. The molecule has 2 aliphatic rings. The molecule has 0 unspecified atom stereocenters. The van der Waals surface area contributed by atoms with Crippen LogP contribution in [0.3, 0.4) is 0 Å². The monoisotopic (exact) mass is 825 g/mol. The summed E-state index contributed by atoms with van der Waals surface area (Å²) in [5, 5.41) is 2.28. The quantitative estimate of drug-likeness (QED) is 0.168. The van der Waals surface area contributed by atoms with Crippen molar-refractivity contribution in [3.8, 4) is 89.8 Å². The van der Waals surface area contributed by atoms with E-state index in [0.717, 1.165) is 49.7 Å². The van der Waals surface area contributed by atoms with Crippen LogP contribution >= 0.6 is 0 Å². The minimum Gasteiger partial charge on any atom is -0.208 e. The van der Waals surface area contributed by atoms with Crippen LogP contribution in [0.4, 0.5) is 0 Å². The van der Waals surface area contributed by atoms with E-state index in [1.807, 2.05) is 18.2 Å². The van der Waals surface area contributed by atoms with Gasteiger partial charge in [-0.2, -0.15) is 0 Å². The highest BCUT2D eigenvalue weighted by atomic mass is 15.0. The van der Waals surface area contributed by atoms with Crippen molar-refractivity contribution in [2.45, 2.75) is 5.41 Å². The van der Waals surface area contributed by atoms with Crippen LogP contribution in [0.15, 0.2) is 237 Å². The van der Waals surface area contributed by atoms with Gasteiger partial charge in [-0.3, -0.25) is 0 Å². The Labute approximate surface area is 378 Å². The Kier molecular flexibility index (Phi) is 8.44. The van der Waals surface area contributed by atoms with E-state index >= 15 is 0 Å². The van der Waals surface area contributed by atoms with Gasteiger partial charge in [-0.25, -0.2) is 15.0 Å². The van der Waals surface area contributed by atoms with E-state index in [1.165, 1.54) is 55.6 Å². The maximum atomic E-state index is 5.25. The molecule has 302 valence electrons. The standard InChI is InChI=1S/C62H39N3/c1-4-17-40(18-5-1)47-37-48(41-19-6-2-7-20-41)39-49(38-47)61-64-59(42-21-8-3-9-22-42)63-60(65-61)46-34-32-43-35-45(33-31-44(43)36-46)50-26-16-30-57-58(50)53-25-12-15-29-56(53)62(57)54-27-13-10-23-51(54)52-24-11-14-28-55(52)62/h1-39H. The average molecular weight is 826 g/mol. The first-order chi connectivity index (χ1) is 32.2. The zero-order valence-electron chi connectivity index (χ0n) is 35.4. The van der Waals surface area contributed by atoms with Gasteiger partial charge in [0.2, 0.25) is 0 Å². The second-order valence-electron chi connectivity index (χ2n) is 17.1. The molecule has 0 saturated carbocycles. The molecule has 2 aliphatic carbocycles. The summed E-state index contributed by atoms with van der Waals surface area (Å²) in [7, 11) is 0. The van der Waals surface area contributed by atoms with Crippen molar-refractivity contribution in [1.82, 2.24) is 15.0 Å². The summed E-state index contributed by atoms with van der Waals surface area (Å²) in [5.41, 5.74) is 20.0. The minimum absolute atomic E-state index is 0.380. The molecule has 1 spiro atoms. The van der Waals surface area contributed by atoms with Gasteiger partial charge in [0.15, 0.2) is 17.5 Å². The van der Waals surface area contributed by atoms with Gasteiger partial charge >= 0.3 is 0 Å². The van der Waals surface area contributed by atoms with Crippen LogP contribution in [-0.4, -0.2) is 15.0 Å². The highest BCUT2D eigenvalue weighted by Crippen LogP contribution is 2.64. The lowest BCUT2D eigenvalue weighted by atomic mass is 9.70. The number of nitrogens with zero attached hydrogens (tertiary/aromatic N) is 3. The minimum atomic E-state index is -0.380. The lowest BCUT2D eigenvalue weighted by Crippen LogP contribution is -2.25. The van der Waals surface area contributed by atoms with E-state index in [-0.39, 0.29) is 5.41 Å². The van der Waals surface area contributed by atoms with Crippen LogP contribution in [0.5, 0.6) is 0 Å². The van der Waals surface area contributed by atoms with Crippen LogP contribution in [0, 0.1) is 0 Å². The Balaban J connectivity index is 0.940. The molecule has 0 aliphatic heterocycles. The number of hydrogen-bond donors (Lipinski definition) is 0. The smallest absolute Gasteiger partial charge is 0.164 e. The summed E-state index contributed by atoms with van der Waals surface area (Å²) in [6.45, 7) is 0. The highest BCUT2D eigenvalue weighted by molar-refractivity contribution is 6.01. The van der Waals surface area contributed by atoms with Crippen LogP contribution in [0.2, 0.25) is 0 Å². The van der Waals surface area contributed by atoms with E-state index in [1.54, 1.807) is 0 Å². The molecule has 1 aromatic heterocycles. The van der Waals surface area contributed by atoms with Crippen molar-refractivity contribution in [1.29, 1.82) is 0 Å². The second-order valence-corrected chi connectivity index (χ2v) is 17.1. The largest absolute Gasteiger partial charge is 0.208 e. The average Bonchev–Trinajstić information content (AvgIpc) is 3.86. The lowest BCUT2D eigenvalue weighted by Gasteiger charge is -2.30. The molecule has 0 bridgehead atoms. The second kappa shape index (κ2) is 14.8. The molecular weight excluding hydrogens is 787 g/mol. The fraction of sp³-hybridized carbons (Fsp3) is 0.0161. The zero-order chi connectivity index (χ0) is 42.9. The van der Waals surface area contributed by atoms with Gasteiger partial charge in [0, 0.05) is 16.7 Å². The Morgan fingerprint density at radius 3 is 1.22 bits per heavy atom. The van der Waals surface area contributed by atoms with Gasteiger partial charge < -0.3 is 0 Å². The van der Waals surface area contributed by atoms with Gasteiger partial charge in [0.1, 0.15) is 0 Å². The van der Waals surface area contributed by atoms with Crippen molar-refractivity contribution in [3.05, 3.63) is 259 Å². The van der Waals surface area contributed by atoms with Gasteiger partial charge in [-0.15, -0.1) is 0 Å². The van der Waals surface area contributed by atoms with E-state index in [4.69, 9.17) is 15.0 Å². The summed E-state index contributed by atoms with van der Waals surface area (Å²) in [6, 6.07) is 85.2. The first kappa shape index (κ1) is 37.1. The maximum Gasteiger partial charge on any atom is 0.164 e. The summed E-state index contributed by atoms with van der Waals surface area (Å²) in [4.78, 5) is 15.5. The van der Waals surface area contributed by atoms with E-state index in [2.05, 4.69) is 218 Å². The van der Waals surface area contributed by atoms with Gasteiger partial charge in [0.25, 0.3) is 0 Å². The molecule has 10 aromatic carbocycles. The van der Waals surface area contributed by atoms with Gasteiger partial charge in [0.05, 0.1) is 5.41 Å². The number of benzene rings is 10. The third-order valence-electron chi connectivity index (χ3n) is 13.5. The Morgan fingerprint density at radius 1 is 0.231 bits per heavy atom. The molecule has 3 nitrogen and oxygen atoms in total. The van der Waals surface area contributed by atoms with Gasteiger partial charge in [-0.1, -0.05) is 206 Å². The van der Waals surface area contributed by atoms with E-state index in [9.17, 15) is 0 Å². The van der Waals surface area contributed by atoms with Crippen LogP contribution in [0.25, 0.3) is 101 Å². The number of fused-ring (bicyclic) bond motifs is 11. The topological polar surface area (TPSA) is 38.7 Å². The lowest BCUT2D eigenvalue weighted by molar-refractivity contribution is 0.794. The van der Waals surface area contributed by atoms with Crippen molar-refractivity contribution in [2.24, 2.45) is 0 Å². The molecule has 0 amide bonds. The zero-order valence-corrected chi connectivity index (χ0v) is 35.4. The molecule has 0 fully saturated rings. The maximum absolute atomic E-state index is 5.25. The molecule has 0 atom stereocenters. The predicted molar refractivity (Wildman–Crippen MR) is 266 cm³/mol. The van der Waals surface area contributed by atoms with Crippen LogP contribution in [0.1, 0.15) is 22.3 Å². The predicted octanol–water partition coefficient (Wildman–Crippen LogP) is 15.4. The van der Waals surface area contributed by atoms with Crippen molar-refractivity contribution >= 4 is 10.8 Å². The molecule has 0 saturated heterocycles. The molecule has 1 heterocycles. The molecule has 0 radical (unpaired) electrons.